The van der Waals surface area contributed by atoms with Gasteiger partial charge in [-0.05, 0) is 24.6 Å². The third-order valence-electron chi connectivity index (χ3n) is 4.63. The summed E-state index contributed by atoms with van der Waals surface area (Å²) in [6.07, 6.45) is 7.26. The van der Waals surface area contributed by atoms with E-state index >= 15 is 0 Å². The van der Waals surface area contributed by atoms with E-state index in [0.29, 0.717) is 11.5 Å². The summed E-state index contributed by atoms with van der Waals surface area (Å²) in [6.45, 7) is 4.06. The van der Waals surface area contributed by atoms with Gasteiger partial charge in [0.2, 0.25) is 0 Å². The predicted molar refractivity (Wildman–Crippen MR) is 92.0 cm³/mol. The average Bonchev–Trinajstić information content (AvgIpc) is 2.91. The predicted octanol–water partition coefficient (Wildman–Crippen LogP) is 4.00. The van der Waals surface area contributed by atoms with E-state index in [1.54, 1.807) is 20.3 Å². The van der Waals surface area contributed by atoms with Crippen molar-refractivity contribution in [3.8, 4) is 11.5 Å². The molecule has 1 aromatic rings. The number of methoxy groups -OCH3 is 2. The first-order chi connectivity index (χ1) is 11.6. The number of allylic oxidation sites excluding steroid dienone is 5. The van der Waals surface area contributed by atoms with Crippen molar-refractivity contribution in [2.45, 2.75) is 20.0 Å². The topological polar surface area (TPSA) is 44.8 Å². The molecule has 0 spiro atoms. The Labute approximate surface area is 142 Å². The van der Waals surface area contributed by atoms with Crippen molar-refractivity contribution in [2.75, 3.05) is 14.2 Å². The molecule has 0 N–H and O–H groups in total. The maximum Gasteiger partial charge on any atom is 0.188 e. The molecule has 1 aliphatic heterocycles. The zero-order valence-corrected chi connectivity index (χ0v) is 14.4. The van der Waals surface area contributed by atoms with E-state index in [-0.39, 0.29) is 23.7 Å². The maximum atomic E-state index is 12.1. The minimum Gasteiger partial charge on any atom is -0.493 e. The number of hydrogen-bond acceptors (Lipinski definition) is 4. The Morgan fingerprint density at radius 3 is 2.58 bits per heavy atom. The van der Waals surface area contributed by atoms with Crippen LogP contribution in [0.15, 0.2) is 53.8 Å². The Hall–Kier alpha value is -2.49. The number of carbonyl (C=O) groups excluding carboxylic acids is 1. The minimum absolute atomic E-state index is 0.000452. The van der Waals surface area contributed by atoms with Gasteiger partial charge in [0.1, 0.15) is 11.9 Å². The van der Waals surface area contributed by atoms with Crippen molar-refractivity contribution in [1.82, 2.24) is 0 Å². The number of ether oxygens (including phenoxy) is 3. The highest BCUT2D eigenvalue weighted by Crippen LogP contribution is 2.48. The molecule has 1 fully saturated rings. The Morgan fingerprint density at radius 1 is 1.17 bits per heavy atom. The Kier molecular flexibility index (Phi) is 4.47. The average molecular weight is 326 g/mol. The minimum atomic E-state index is -0.116. The second-order valence-corrected chi connectivity index (χ2v) is 6.07. The fourth-order valence-electron chi connectivity index (χ4n) is 3.35. The van der Waals surface area contributed by atoms with Gasteiger partial charge in [-0.25, -0.2) is 0 Å². The van der Waals surface area contributed by atoms with Gasteiger partial charge in [0.15, 0.2) is 17.3 Å². The maximum absolute atomic E-state index is 12.1. The number of fused-ring (bicyclic) bond motifs is 1. The van der Waals surface area contributed by atoms with Gasteiger partial charge < -0.3 is 14.2 Å². The molecule has 24 heavy (non-hydrogen) atoms. The third-order valence-corrected chi connectivity index (χ3v) is 4.63. The summed E-state index contributed by atoms with van der Waals surface area (Å²) >= 11 is 0. The number of rotatable bonds is 4. The molecule has 1 heterocycles. The molecule has 2 aliphatic rings. The van der Waals surface area contributed by atoms with Crippen molar-refractivity contribution in [3.63, 3.8) is 0 Å². The van der Waals surface area contributed by atoms with Crippen LogP contribution in [0.4, 0.5) is 0 Å². The Morgan fingerprint density at radius 2 is 1.92 bits per heavy atom. The van der Waals surface area contributed by atoms with Crippen LogP contribution < -0.4 is 9.47 Å². The Bertz CT molecular complexity index is 742. The van der Waals surface area contributed by atoms with Gasteiger partial charge in [-0.3, -0.25) is 4.79 Å². The molecule has 0 aromatic heterocycles. The highest BCUT2D eigenvalue weighted by Gasteiger charge is 2.41. The molecular weight excluding hydrogens is 304 g/mol. The molecule has 1 saturated heterocycles. The molecule has 4 heteroatoms. The molecule has 0 amide bonds. The van der Waals surface area contributed by atoms with Gasteiger partial charge in [-0.2, -0.15) is 0 Å². The van der Waals surface area contributed by atoms with Crippen LogP contribution >= 0.6 is 0 Å². The second kappa shape index (κ2) is 6.56. The molecule has 0 bridgehead atoms. The van der Waals surface area contributed by atoms with Crippen LogP contribution in [0.25, 0.3) is 0 Å². The first-order valence-electron chi connectivity index (χ1n) is 8.08. The van der Waals surface area contributed by atoms with Gasteiger partial charge in [0, 0.05) is 23.5 Å². The zero-order chi connectivity index (χ0) is 17.3. The van der Waals surface area contributed by atoms with E-state index in [2.05, 4.69) is 6.92 Å². The number of carbonyl (C=O) groups is 1. The first-order valence-corrected chi connectivity index (χ1v) is 8.08. The normalized spacial score (nSPS) is 25.8. The van der Waals surface area contributed by atoms with Gasteiger partial charge in [0.05, 0.1) is 14.2 Å². The quantitative estimate of drug-likeness (QED) is 0.839. The van der Waals surface area contributed by atoms with Crippen LogP contribution in [-0.2, 0) is 9.53 Å². The van der Waals surface area contributed by atoms with Gasteiger partial charge in [-0.1, -0.05) is 31.2 Å². The summed E-state index contributed by atoms with van der Waals surface area (Å²) in [7, 11) is 3.23. The largest absolute Gasteiger partial charge is 0.493 e. The number of ketones is 1. The van der Waals surface area contributed by atoms with Crippen LogP contribution in [0.3, 0.4) is 0 Å². The molecule has 1 aromatic carbocycles. The smallest absolute Gasteiger partial charge is 0.188 e. The molecule has 126 valence electrons. The first kappa shape index (κ1) is 16.4. The van der Waals surface area contributed by atoms with Crippen LogP contribution in [0.1, 0.15) is 25.5 Å². The lowest BCUT2D eigenvalue weighted by Crippen LogP contribution is -2.14. The van der Waals surface area contributed by atoms with Gasteiger partial charge in [0.25, 0.3) is 0 Å². The summed E-state index contributed by atoms with van der Waals surface area (Å²) in [5, 5.41) is 0. The van der Waals surface area contributed by atoms with Gasteiger partial charge >= 0.3 is 0 Å². The highest BCUT2D eigenvalue weighted by molar-refractivity contribution is 6.07. The summed E-state index contributed by atoms with van der Waals surface area (Å²) < 4.78 is 16.8. The number of hydrogen-bond donors (Lipinski definition) is 0. The van der Waals surface area contributed by atoms with E-state index in [4.69, 9.17) is 14.2 Å². The van der Waals surface area contributed by atoms with Crippen LogP contribution in [0.5, 0.6) is 11.5 Å². The lowest BCUT2D eigenvalue weighted by molar-refractivity contribution is -0.111. The highest BCUT2D eigenvalue weighted by atomic mass is 16.5. The fourth-order valence-corrected chi connectivity index (χ4v) is 3.35. The van der Waals surface area contributed by atoms with Crippen molar-refractivity contribution in [1.29, 1.82) is 0 Å². The summed E-state index contributed by atoms with van der Waals surface area (Å²) in [6, 6.07) is 5.81. The fraction of sp³-hybridized carbons (Fsp3) is 0.350. The summed E-state index contributed by atoms with van der Waals surface area (Å²) in [5.74, 6) is 2.46. The standard InChI is InChI=1S/C20H22O4/c1-5-6-13-9-15-12(2)20(24-18(15)11-16(13)21)14-7-8-17(22-3)19(10-14)23-4/h5-12,15,20H,1-4H3/b6-5+/t12-,15?,20-/m0/s1. The van der Waals surface area contributed by atoms with Crippen LogP contribution in [0, 0.1) is 11.8 Å². The van der Waals surface area contributed by atoms with E-state index in [1.165, 1.54) is 0 Å². The molecule has 0 saturated carbocycles. The van der Waals surface area contributed by atoms with E-state index in [1.807, 2.05) is 43.4 Å². The van der Waals surface area contributed by atoms with E-state index in [0.717, 1.165) is 16.9 Å². The van der Waals surface area contributed by atoms with Crippen LogP contribution in [-0.4, -0.2) is 20.0 Å². The molecule has 3 rings (SSSR count). The molecular formula is C20H22O4. The van der Waals surface area contributed by atoms with Crippen molar-refractivity contribution in [3.05, 3.63) is 59.4 Å². The monoisotopic (exact) mass is 326 g/mol. The molecule has 0 radical (unpaired) electrons. The van der Waals surface area contributed by atoms with Crippen molar-refractivity contribution < 1.29 is 19.0 Å². The zero-order valence-electron chi connectivity index (χ0n) is 14.4. The van der Waals surface area contributed by atoms with Crippen molar-refractivity contribution >= 4 is 5.78 Å². The van der Waals surface area contributed by atoms with E-state index in [9.17, 15) is 4.79 Å². The third kappa shape index (κ3) is 2.73. The number of benzene rings is 1. The second-order valence-electron chi connectivity index (χ2n) is 6.07. The summed E-state index contributed by atoms with van der Waals surface area (Å²) in [4.78, 5) is 12.1. The molecule has 1 aliphatic carbocycles. The SMILES string of the molecule is C/C=C/C1=CC2C(=CC1=O)O[C@H](c1ccc(OC)c(OC)c1)[C@H]2C. The molecule has 4 nitrogen and oxygen atoms in total. The van der Waals surface area contributed by atoms with Crippen molar-refractivity contribution in [2.24, 2.45) is 11.8 Å². The Balaban J connectivity index is 1.93. The van der Waals surface area contributed by atoms with E-state index < -0.39 is 0 Å². The lowest BCUT2D eigenvalue weighted by atomic mass is 9.83. The van der Waals surface area contributed by atoms with Gasteiger partial charge in [-0.15, -0.1) is 0 Å². The van der Waals surface area contributed by atoms with Crippen LogP contribution in [0.2, 0.25) is 0 Å². The lowest BCUT2D eigenvalue weighted by Gasteiger charge is -2.18. The summed E-state index contributed by atoms with van der Waals surface area (Å²) in [5.41, 5.74) is 1.75. The molecule has 1 unspecified atom stereocenters. The molecule has 3 atom stereocenters.